The molecule has 0 spiro atoms. The number of nitrogens with one attached hydrogen (secondary N) is 2. The van der Waals surface area contributed by atoms with Crippen molar-refractivity contribution < 1.29 is 13.9 Å². The van der Waals surface area contributed by atoms with Gasteiger partial charge in [0.1, 0.15) is 11.6 Å². The first-order valence-corrected chi connectivity index (χ1v) is 6.99. The molecule has 0 saturated heterocycles. The van der Waals surface area contributed by atoms with Gasteiger partial charge in [0.15, 0.2) is 6.61 Å². The van der Waals surface area contributed by atoms with Crippen LogP contribution in [0.4, 0.5) is 10.1 Å². The summed E-state index contributed by atoms with van der Waals surface area (Å²) in [6.45, 7) is -0.145. The van der Waals surface area contributed by atoms with E-state index in [1.807, 2.05) is 18.2 Å². The van der Waals surface area contributed by atoms with E-state index in [1.165, 1.54) is 24.3 Å². The minimum atomic E-state index is -0.348. The second kappa shape index (κ2) is 6.74. The number of benzene rings is 2. The Balaban J connectivity index is 1.54. The summed E-state index contributed by atoms with van der Waals surface area (Å²) in [5.41, 5.74) is 2.55. The molecule has 0 bridgehead atoms. The maximum absolute atomic E-state index is 12.8. The van der Waals surface area contributed by atoms with Crippen molar-refractivity contribution in [1.29, 1.82) is 0 Å². The van der Waals surface area contributed by atoms with Crippen LogP contribution in [0.15, 0.2) is 60.8 Å². The van der Waals surface area contributed by atoms with Crippen molar-refractivity contribution in [3.8, 4) is 17.0 Å². The monoisotopic (exact) mass is 311 g/mol. The zero-order chi connectivity index (χ0) is 16.1. The van der Waals surface area contributed by atoms with E-state index in [0.717, 1.165) is 11.3 Å². The number of amides is 1. The number of hydrogen-bond acceptors (Lipinski definition) is 3. The number of rotatable bonds is 5. The van der Waals surface area contributed by atoms with Gasteiger partial charge in [0.25, 0.3) is 5.91 Å². The van der Waals surface area contributed by atoms with E-state index in [4.69, 9.17) is 4.74 Å². The number of hydrogen-bond donors (Lipinski definition) is 2. The minimum Gasteiger partial charge on any atom is -0.484 e. The van der Waals surface area contributed by atoms with Gasteiger partial charge in [0.05, 0.1) is 5.69 Å². The number of carbonyl (C=O) groups is 1. The van der Waals surface area contributed by atoms with Crippen molar-refractivity contribution in [2.45, 2.75) is 0 Å². The van der Waals surface area contributed by atoms with Crippen LogP contribution in [-0.2, 0) is 4.79 Å². The largest absolute Gasteiger partial charge is 0.484 e. The molecule has 0 aliphatic rings. The van der Waals surface area contributed by atoms with E-state index >= 15 is 0 Å². The summed E-state index contributed by atoms with van der Waals surface area (Å²) >= 11 is 0. The molecule has 2 N–H and O–H groups in total. The summed E-state index contributed by atoms with van der Waals surface area (Å²) in [4.78, 5) is 11.8. The fourth-order valence-electron chi connectivity index (χ4n) is 2.03. The molecule has 3 rings (SSSR count). The van der Waals surface area contributed by atoms with Gasteiger partial charge in [-0.25, -0.2) is 4.39 Å². The Morgan fingerprint density at radius 3 is 2.48 bits per heavy atom. The first-order valence-electron chi connectivity index (χ1n) is 6.99. The third-order valence-corrected chi connectivity index (χ3v) is 3.16. The highest BCUT2D eigenvalue weighted by atomic mass is 19.1. The first kappa shape index (κ1) is 14.8. The van der Waals surface area contributed by atoms with Gasteiger partial charge in [-0.15, -0.1) is 0 Å². The lowest BCUT2D eigenvalue weighted by atomic mass is 10.1. The smallest absolute Gasteiger partial charge is 0.262 e. The van der Waals surface area contributed by atoms with Crippen LogP contribution in [0.3, 0.4) is 0 Å². The normalized spacial score (nSPS) is 10.3. The van der Waals surface area contributed by atoms with Gasteiger partial charge in [-0.05, 0) is 48.0 Å². The number of aromatic amines is 1. The highest BCUT2D eigenvalue weighted by molar-refractivity contribution is 5.92. The van der Waals surface area contributed by atoms with E-state index in [-0.39, 0.29) is 18.3 Å². The van der Waals surface area contributed by atoms with Gasteiger partial charge in [0, 0.05) is 11.9 Å². The maximum Gasteiger partial charge on any atom is 0.262 e. The summed E-state index contributed by atoms with van der Waals surface area (Å²) in [6, 6.07) is 14.7. The van der Waals surface area contributed by atoms with E-state index in [0.29, 0.717) is 11.4 Å². The molecule has 1 amide bonds. The molecule has 0 aliphatic heterocycles. The molecule has 5 nitrogen and oxygen atoms in total. The molecule has 1 heterocycles. The van der Waals surface area contributed by atoms with Crippen LogP contribution in [-0.4, -0.2) is 22.7 Å². The predicted molar refractivity (Wildman–Crippen MR) is 84.5 cm³/mol. The average Bonchev–Trinajstić information content (AvgIpc) is 3.09. The van der Waals surface area contributed by atoms with E-state index < -0.39 is 0 Å². The number of ether oxygens (including phenoxy) is 1. The van der Waals surface area contributed by atoms with Crippen LogP contribution < -0.4 is 10.1 Å². The molecule has 0 aliphatic carbocycles. The van der Waals surface area contributed by atoms with Gasteiger partial charge in [-0.1, -0.05) is 12.1 Å². The lowest BCUT2D eigenvalue weighted by molar-refractivity contribution is -0.118. The summed E-state index contributed by atoms with van der Waals surface area (Å²) < 4.78 is 18.1. The molecular formula is C17H14FN3O2. The van der Waals surface area contributed by atoms with Gasteiger partial charge in [-0.3, -0.25) is 9.89 Å². The van der Waals surface area contributed by atoms with E-state index in [2.05, 4.69) is 15.5 Å². The molecule has 0 atom stereocenters. The summed E-state index contributed by atoms with van der Waals surface area (Å²) in [5, 5.41) is 9.50. The maximum atomic E-state index is 12.8. The molecule has 6 heteroatoms. The first-order chi connectivity index (χ1) is 11.2. The fourth-order valence-corrected chi connectivity index (χ4v) is 2.03. The third-order valence-electron chi connectivity index (χ3n) is 3.16. The summed E-state index contributed by atoms with van der Waals surface area (Å²) in [7, 11) is 0. The van der Waals surface area contributed by atoms with Crippen LogP contribution in [0, 0.1) is 5.82 Å². The molecule has 0 unspecified atom stereocenters. The zero-order valence-electron chi connectivity index (χ0n) is 12.1. The molecule has 3 aromatic rings. The molecule has 2 aromatic carbocycles. The Kier molecular flexibility index (Phi) is 4.33. The zero-order valence-corrected chi connectivity index (χ0v) is 12.1. The Labute approximate surface area is 132 Å². The quantitative estimate of drug-likeness (QED) is 0.760. The average molecular weight is 311 g/mol. The molecule has 23 heavy (non-hydrogen) atoms. The molecule has 116 valence electrons. The van der Waals surface area contributed by atoms with Crippen molar-refractivity contribution in [3.05, 3.63) is 66.6 Å². The Hall–Kier alpha value is -3.15. The molecule has 1 aromatic heterocycles. The standard InChI is InChI=1S/C17H14FN3O2/c18-13-3-7-15(8-4-13)23-11-17(22)20-14-5-1-12(2-6-14)16-9-10-19-21-16/h1-10H,11H2,(H,19,21)(H,20,22). The van der Waals surface area contributed by atoms with Gasteiger partial charge in [0.2, 0.25) is 0 Å². The SMILES string of the molecule is O=C(COc1ccc(F)cc1)Nc1ccc(-c2ccn[nH]2)cc1. The van der Waals surface area contributed by atoms with Gasteiger partial charge >= 0.3 is 0 Å². The minimum absolute atomic E-state index is 0.145. The Bertz CT molecular complexity index is 769. The van der Waals surface area contributed by atoms with Crippen molar-refractivity contribution in [2.75, 3.05) is 11.9 Å². The van der Waals surface area contributed by atoms with Crippen LogP contribution in [0.25, 0.3) is 11.3 Å². The van der Waals surface area contributed by atoms with Crippen molar-refractivity contribution in [2.24, 2.45) is 0 Å². The Morgan fingerprint density at radius 1 is 1.09 bits per heavy atom. The number of carbonyl (C=O) groups excluding carboxylic acids is 1. The second-order valence-electron chi connectivity index (χ2n) is 4.84. The number of halogens is 1. The van der Waals surface area contributed by atoms with Crippen LogP contribution >= 0.6 is 0 Å². The van der Waals surface area contributed by atoms with Crippen LogP contribution in [0.2, 0.25) is 0 Å². The molecule has 0 saturated carbocycles. The highest BCUT2D eigenvalue weighted by Gasteiger charge is 2.05. The number of anilines is 1. The lowest BCUT2D eigenvalue weighted by Gasteiger charge is -2.08. The van der Waals surface area contributed by atoms with Crippen LogP contribution in [0.5, 0.6) is 5.75 Å². The molecule has 0 fully saturated rings. The van der Waals surface area contributed by atoms with E-state index in [1.54, 1.807) is 18.3 Å². The van der Waals surface area contributed by atoms with Crippen molar-refractivity contribution in [1.82, 2.24) is 10.2 Å². The Morgan fingerprint density at radius 2 is 1.83 bits per heavy atom. The number of aromatic nitrogens is 2. The van der Waals surface area contributed by atoms with Crippen molar-refractivity contribution >= 4 is 11.6 Å². The highest BCUT2D eigenvalue weighted by Crippen LogP contribution is 2.19. The molecular weight excluding hydrogens is 297 g/mol. The number of nitrogens with zero attached hydrogens (tertiary/aromatic N) is 1. The second-order valence-corrected chi connectivity index (χ2v) is 4.84. The molecule has 0 radical (unpaired) electrons. The topological polar surface area (TPSA) is 67.0 Å². The summed E-state index contributed by atoms with van der Waals surface area (Å²) in [5.74, 6) is -0.195. The third kappa shape index (κ3) is 3.94. The van der Waals surface area contributed by atoms with Crippen LogP contribution in [0.1, 0.15) is 0 Å². The van der Waals surface area contributed by atoms with Crippen molar-refractivity contribution in [3.63, 3.8) is 0 Å². The lowest BCUT2D eigenvalue weighted by Crippen LogP contribution is -2.20. The van der Waals surface area contributed by atoms with Gasteiger partial charge < -0.3 is 10.1 Å². The van der Waals surface area contributed by atoms with Gasteiger partial charge in [-0.2, -0.15) is 5.10 Å². The van der Waals surface area contributed by atoms with E-state index in [9.17, 15) is 9.18 Å². The number of H-pyrrole nitrogens is 1. The predicted octanol–water partition coefficient (Wildman–Crippen LogP) is 3.23. The summed E-state index contributed by atoms with van der Waals surface area (Å²) in [6.07, 6.45) is 1.68. The fraction of sp³-hybridized carbons (Fsp3) is 0.0588.